The van der Waals surface area contributed by atoms with E-state index in [1.807, 2.05) is 6.07 Å². The number of methoxy groups -OCH3 is 1. The number of nitrogens with zero attached hydrogens (tertiary/aromatic N) is 1. The van der Waals surface area contributed by atoms with Crippen molar-refractivity contribution in [3.63, 3.8) is 0 Å². The smallest absolute Gasteiger partial charge is 0.269 e. The second-order valence-electron chi connectivity index (χ2n) is 4.67. The van der Waals surface area contributed by atoms with Crippen LogP contribution in [-0.4, -0.2) is 37.7 Å². The van der Waals surface area contributed by atoms with Gasteiger partial charge in [0.25, 0.3) is 5.91 Å². The molecule has 20 heavy (non-hydrogen) atoms. The van der Waals surface area contributed by atoms with Crippen LogP contribution >= 0.6 is 0 Å². The lowest BCUT2D eigenvalue weighted by Gasteiger charge is -2.06. The van der Waals surface area contributed by atoms with Gasteiger partial charge in [0.1, 0.15) is 5.69 Å². The molecule has 1 aromatic rings. The molecule has 0 atom stereocenters. The lowest BCUT2D eigenvalue weighted by atomic mass is 10.2. The molecule has 112 valence electrons. The summed E-state index contributed by atoms with van der Waals surface area (Å²) < 4.78 is 4.97. The van der Waals surface area contributed by atoms with Crippen molar-refractivity contribution < 1.29 is 9.53 Å². The molecule has 0 unspecified atom stereocenters. The number of carbonyl (C=O) groups is 1. The van der Waals surface area contributed by atoms with E-state index in [9.17, 15) is 4.79 Å². The van der Waals surface area contributed by atoms with E-state index in [0.717, 1.165) is 44.5 Å². The molecule has 0 aliphatic carbocycles. The van der Waals surface area contributed by atoms with Crippen LogP contribution in [0.15, 0.2) is 18.3 Å². The third kappa shape index (κ3) is 6.52. The first-order valence-electron chi connectivity index (χ1n) is 7.25. The molecule has 0 saturated heterocycles. The zero-order valence-electron chi connectivity index (χ0n) is 12.4. The van der Waals surface area contributed by atoms with Gasteiger partial charge in [0.05, 0.1) is 11.9 Å². The summed E-state index contributed by atoms with van der Waals surface area (Å²) >= 11 is 0. The van der Waals surface area contributed by atoms with Crippen LogP contribution in [0.5, 0.6) is 0 Å². The van der Waals surface area contributed by atoms with Crippen molar-refractivity contribution >= 4 is 11.6 Å². The Bertz CT molecular complexity index is 379. The van der Waals surface area contributed by atoms with Gasteiger partial charge in [0, 0.05) is 26.8 Å². The molecule has 5 nitrogen and oxygen atoms in total. The van der Waals surface area contributed by atoms with E-state index < -0.39 is 0 Å². The topological polar surface area (TPSA) is 63.2 Å². The lowest BCUT2D eigenvalue weighted by Crippen LogP contribution is -2.25. The maximum absolute atomic E-state index is 11.8. The van der Waals surface area contributed by atoms with Crippen molar-refractivity contribution in [2.75, 3.05) is 32.1 Å². The van der Waals surface area contributed by atoms with E-state index in [1.165, 1.54) is 0 Å². The van der Waals surface area contributed by atoms with E-state index in [0.29, 0.717) is 12.2 Å². The first-order valence-corrected chi connectivity index (χ1v) is 7.25. The Morgan fingerprint density at radius 1 is 1.25 bits per heavy atom. The summed E-state index contributed by atoms with van der Waals surface area (Å²) in [7, 11) is 1.70. The van der Waals surface area contributed by atoms with Crippen molar-refractivity contribution in [2.45, 2.75) is 32.6 Å². The first-order chi connectivity index (χ1) is 9.77. The Labute approximate surface area is 121 Å². The van der Waals surface area contributed by atoms with Crippen LogP contribution in [0.1, 0.15) is 43.1 Å². The maximum atomic E-state index is 11.8. The van der Waals surface area contributed by atoms with Gasteiger partial charge in [-0.15, -0.1) is 0 Å². The molecular formula is C15H25N3O2. The minimum Gasteiger partial charge on any atom is -0.385 e. The standard InChI is InChI=1S/C15H25N3O2/c1-3-9-16-13-7-8-14(18-12-13)15(19)17-10-5-4-6-11-20-2/h7-8,12,16H,3-6,9-11H2,1-2H3,(H,17,19). The average Bonchev–Trinajstić information content (AvgIpc) is 2.49. The Hall–Kier alpha value is -1.62. The quantitative estimate of drug-likeness (QED) is 0.646. The number of anilines is 1. The minimum atomic E-state index is -0.112. The Kier molecular flexibility index (Phi) is 8.38. The molecule has 2 N–H and O–H groups in total. The monoisotopic (exact) mass is 279 g/mol. The zero-order chi connectivity index (χ0) is 14.6. The predicted molar refractivity (Wildman–Crippen MR) is 81.1 cm³/mol. The highest BCUT2D eigenvalue weighted by atomic mass is 16.5. The number of nitrogens with one attached hydrogen (secondary N) is 2. The van der Waals surface area contributed by atoms with E-state index in [-0.39, 0.29) is 5.91 Å². The van der Waals surface area contributed by atoms with Gasteiger partial charge in [-0.2, -0.15) is 0 Å². The molecule has 1 heterocycles. The van der Waals surface area contributed by atoms with Gasteiger partial charge in [-0.1, -0.05) is 6.92 Å². The zero-order valence-corrected chi connectivity index (χ0v) is 12.4. The highest BCUT2D eigenvalue weighted by Gasteiger charge is 2.05. The van der Waals surface area contributed by atoms with Gasteiger partial charge in [-0.05, 0) is 37.8 Å². The van der Waals surface area contributed by atoms with Crippen LogP contribution in [0, 0.1) is 0 Å². The molecule has 5 heteroatoms. The van der Waals surface area contributed by atoms with Gasteiger partial charge >= 0.3 is 0 Å². The van der Waals surface area contributed by atoms with Crippen molar-refractivity contribution in [3.8, 4) is 0 Å². The van der Waals surface area contributed by atoms with Crippen LogP contribution in [0.2, 0.25) is 0 Å². The number of pyridine rings is 1. The summed E-state index contributed by atoms with van der Waals surface area (Å²) in [6, 6.07) is 3.63. The van der Waals surface area contributed by atoms with Crippen LogP contribution in [0.4, 0.5) is 5.69 Å². The fraction of sp³-hybridized carbons (Fsp3) is 0.600. The summed E-state index contributed by atoms with van der Waals surface area (Å²) in [5, 5.41) is 6.10. The van der Waals surface area contributed by atoms with Gasteiger partial charge in [0.15, 0.2) is 0 Å². The minimum absolute atomic E-state index is 0.112. The number of ether oxygens (including phenoxy) is 1. The summed E-state index contributed by atoms with van der Waals surface area (Å²) in [5.74, 6) is -0.112. The van der Waals surface area contributed by atoms with Crippen molar-refractivity contribution in [1.29, 1.82) is 0 Å². The Morgan fingerprint density at radius 3 is 2.75 bits per heavy atom. The summed E-state index contributed by atoms with van der Waals surface area (Å²) in [5.41, 5.74) is 1.41. The summed E-state index contributed by atoms with van der Waals surface area (Å²) in [4.78, 5) is 16.0. The second-order valence-corrected chi connectivity index (χ2v) is 4.67. The summed E-state index contributed by atoms with van der Waals surface area (Å²) in [6.07, 6.45) is 5.81. The highest BCUT2D eigenvalue weighted by molar-refractivity contribution is 5.92. The molecule has 0 aliphatic heterocycles. The Balaban J connectivity index is 2.25. The van der Waals surface area contributed by atoms with Gasteiger partial charge < -0.3 is 15.4 Å². The SMILES string of the molecule is CCCNc1ccc(C(=O)NCCCCCOC)nc1. The molecule has 0 fully saturated rings. The Morgan fingerprint density at radius 2 is 2.10 bits per heavy atom. The summed E-state index contributed by atoms with van der Waals surface area (Å²) in [6.45, 7) is 4.48. The first kappa shape index (κ1) is 16.4. The molecule has 0 radical (unpaired) electrons. The molecule has 0 saturated carbocycles. The molecule has 0 spiro atoms. The number of aromatic nitrogens is 1. The van der Waals surface area contributed by atoms with Gasteiger partial charge in [0.2, 0.25) is 0 Å². The second kappa shape index (κ2) is 10.2. The van der Waals surface area contributed by atoms with Gasteiger partial charge in [-0.3, -0.25) is 4.79 Å². The maximum Gasteiger partial charge on any atom is 0.269 e. The lowest BCUT2D eigenvalue weighted by molar-refractivity contribution is 0.0947. The third-order valence-electron chi connectivity index (χ3n) is 2.89. The molecule has 1 amide bonds. The van der Waals surface area contributed by atoms with E-state index in [2.05, 4.69) is 22.5 Å². The molecule has 1 rings (SSSR count). The van der Waals surface area contributed by atoms with E-state index in [1.54, 1.807) is 19.4 Å². The highest BCUT2D eigenvalue weighted by Crippen LogP contribution is 2.06. The molecule has 0 bridgehead atoms. The van der Waals surface area contributed by atoms with E-state index in [4.69, 9.17) is 4.74 Å². The molecule has 1 aromatic heterocycles. The van der Waals surface area contributed by atoms with Crippen molar-refractivity contribution in [3.05, 3.63) is 24.0 Å². The van der Waals surface area contributed by atoms with Crippen LogP contribution in [0.25, 0.3) is 0 Å². The number of hydrogen-bond acceptors (Lipinski definition) is 4. The van der Waals surface area contributed by atoms with Crippen molar-refractivity contribution in [1.82, 2.24) is 10.3 Å². The van der Waals surface area contributed by atoms with Crippen LogP contribution in [0.3, 0.4) is 0 Å². The van der Waals surface area contributed by atoms with E-state index >= 15 is 0 Å². The largest absolute Gasteiger partial charge is 0.385 e. The third-order valence-corrected chi connectivity index (χ3v) is 2.89. The number of rotatable bonds is 10. The van der Waals surface area contributed by atoms with Crippen LogP contribution < -0.4 is 10.6 Å². The fourth-order valence-electron chi connectivity index (χ4n) is 1.74. The number of unbranched alkanes of at least 4 members (excludes halogenated alkanes) is 2. The number of amides is 1. The molecule has 0 aliphatic rings. The van der Waals surface area contributed by atoms with Gasteiger partial charge in [-0.25, -0.2) is 4.98 Å². The predicted octanol–water partition coefficient (Wildman–Crippen LogP) is 2.45. The average molecular weight is 279 g/mol. The molecule has 0 aromatic carbocycles. The number of carbonyl (C=O) groups excluding carboxylic acids is 1. The normalized spacial score (nSPS) is 10.3. The van der Waals surface area contributed by atoms with Crippen LogP contribution in [-0.2, 0) is 4.74 Å². The van der Waals surface area contributed by atoms with Crippen molar-refractivity contribution in [2.24, 2.45) is 0 Å². The fourth-order valence-corrected chi connectivity index (χ4v) is 1.74. The number of hydrogen-bond donors (Lipinski definition) is 2. The molecular weight excluding hydrogens is 254 g/mol.